The SMILES string of the molecule is COc1ccc(C23OC2Oc2cc(O[C@@H]4O[C@H](COC(C)=O)[C@@H](OC(C)=O)[C@H](OC(C)=O)[C@H]4OC(C)=O)ccc2C3=O)cc1. The molecule has 0 radical (unpaired) electrons. The number of ketones is 1. The van der Waals surface area contributed by atoms with E-state index in [-0.39, 0.29) is 22.8 Å². The first-order valence-electron chi connectivity index (χ1n) is 13.6. The lowest BCUT2D eigenvalue weighted by molar-refractivity contribution is -0.288. The fourth-order valence-corrected chi connectivity index (χ4v) is 5.17. The van der Waals surface area contributed by atoms with Crippen molar-refractivity contribution in [3.05, 3.63) is 53.6 Å². The lowest BCUT2D eigenvalue weighted by atomic mass is 9.88. The molecule has 14 nitrogen and oxygen atoms in total. The molecular formula is C30H30O14. The van der Waals surface area contributed by atoms with Gasteiger partial charge < -0.3 is 42.6 Å². The van der Waals surface area contributed by atoms with Gasteiger partial charge in [0.05, 0.1) is 12.7 Å². The molecule has 2 aromatic carbocycles. The summed E-state index contributed by atoms with van der Waals surface area (Å²) in [6.07, 6.45) is -7.69. The molecule has 2 saturated heterocycles. The van der Waals surface area contributed by atoms with Crippen molar-refractivity contribution in [1.29, 1.82) is 0 Å². The van der Waals surface area contributed by atoms with Crippen LogP contribution in [0.25, 0.3) is 0 Å². The van der Waals surface area contributed by atoms with Gasteiger partial charge in [0.25, 0.3) is 0 Å². The molecule has 0 N–H and O–H groups in total. The van der Waals surface area contributed by atoms with E-state index in [0.717, 1.165) is 20.8 Å². The first-order valence-corrected chi connectivity index (χ1v) is 13.6. The van der Waals surface area contributed by atoms with Crippen molar-refractivity contribution < 1.29 is 66.6 Å². The summed E-state index contributed by atoms with van der Waals surface area (Å²) in [7, 11) is 1.54. The summed E-state index contributed by atoms with van der Waals surface area (Å²) in [6, 6.07) is 11.3. The average Bonchev–Trinajstić information content (AvgIpc) is 3.70. The maximum atomic E-state index is 13.6. The van der Waals surface area contributed by atoms with Gasteiger partial charge in [-0.3, -0.25) is 24.0 Å². The van der Waals surface area contributed by atoms with Crippen LogP contribution in [0, 0.1) is 0 Å². The summed E-state index contributed by atoms with van der Waals surface area (Å²) in [4.78, 5) is 61.2. The number of carbonyl (C=O) groups is 5. The smallest absolute Gasteiger partial charge is 0.303 e. The Morgan fingerprint density at radius 3 is 2.02 bits per heavy atom. The predicted octanol–water partition coefficient (Wildman–Crippen LogP) is 1.98. The minimum atomic E-state index is -1.46. The number of methoxy groups -OCH3 is 1. The molecule has 234 valence electrons. The van der Waals surface area contributed by atoms with Gasteiger partial charge >= 0.3 is 23.9 Å². The summed E-state index contributed by atoms with van der Waals surface area (Å²) in [5.41, 5.74) is -0.443. The predicted molar refractivity (Wildman–Crippen MR) is 144 cm³/mol. The zero-order valence-electron chi connectivity index (χ0n) is 24.4. The number of hydrogen-bond donors (Lipinski definition) is 0. The zero-order chi connectivity index (χ0) is 31.8. The van der Waals surface area contributed by atoms with E-state index >= 15 is 0 Å². The number of fused-ring (bicyclic) bond motifs is 2. The summed E-state index contributed by atoms with van der Waals surface area (Å²) in [5.74, 6) is -2.35. The number of rotatable bonds is 9. The van der Waals surface area contributed by atoms with Gasteiger partial charge in [0.1, 0.15) is 30.0 Å². The normalized spacial score (nSPS) is 28.2. The zero-order valence-corrected chi connectivity index (χ0v) is 24.4. The van der Waals surface area contributed by atoms with Crippen molar-refractivity contribution in [2.24, 2.45) is 0 Å². The summed E-state index contributed by atoms with van der Waals surface area (Å²) < 4.78 is 50.2. The molecule has 0 spiro atoms. The largest absolute Gasteiger partial charge is 0.497 e. The van der Waals surface area contributed by atoms with E-state index in [1.54, 1.807) is 24.3 Å². The maximum Gasteiger partial charge on any atom is 0.303 e. The number of Topliss-reactive ketones (excluding diaryl/α,β-unsaturated/α-hetero) is 1. The van der Waals surface area contributed by atoms with E-state index in [4.69, 9.17) is 42.6 Å². The number of benzene rings is 2. The first-order chi connectivity index (χ1) is 20.9. The van der Waals surface area contributed by atoms with Gasteiger partial charge in [-0.25, -0.2) is 0 Å². The fraction of sp³-hybridized carbons (Fsp3) is 0.433. The van der Waals surface area contributed by atoms with Crippen LogP contribution >= 0.6 is 0 Å². The highest BCUT2D eigenvalue weighted by Crippen LogP contribution is 2.54. The highest BCUT2D eigenvalue weighted by atomic mass is 16.8. The van der Waals surface area contributed by atoms with Crippen molar-refractivity contribution >= 4 is 29.7 Å². The third-order valence-corrected chi connectivity index (χ3v) is 7.06. The molecule has 0 amide bonds. The van der Waals surface area contributed by atoms with Gasteiger partial charge in [0.2, 0.25) is 30.1 Å². The van der Waals surface area contributed by atoms with Crippen molar-refractivity contribution in [2.45, 2.75) is 70.3 Å². The third kappa shape index (κ3) is 6.03. The quantitative estimate of drug-likeness (QED) is 0.228. The molecule has 2 unspecified atom stereocenters. The second kappa shape index (κ2) is 12.1. The van der Waals surface area contributed by atoms with E-state index < -0.39 is 73.1 Å². The average molecular weight is 615 g/mol. The fourth-order valence-electron chi connectivity index (χ4n) is 5.17. The van der Waals surface area contributed by atoms with E-state index in [1.165, 1.54) is 32.2 Å². The van der Waals surface area contributed by atoms with Gasteiger partial charge in [-0.1, -0.05) is 12.1 Å². The number of hydrogen-bond acceptors (Lipinski definition) is 14. The minimum Gasteiger partial charge on any atom is -0.497 e. The highest BCUT2D eigenvalue weighted by Gasteiger charge is 2.69. The first kappa shape index (κ1) is 30.8. The topological polar surface area (TPSA) is 172 Å². The van der Waals surface area contributed by atoms with Crippen LogP contribution in [0.2, 0.25) is 0 Å². The van der Waals surface area contributed by atoms with E-state index in [9.17, 15) is 24.0 Å². The summed E-state index contributed by atoms with van der Waals surface area (Å²) in [6.45, 7) is 4.12. The van der Waals surface area contributed by atoms with E-state index in [2.05, 4.69) is 0 Å². The lowest BCUT2D eigenvalue weighted by Crippen LogP contribution is -2.63. The lowest BCUT2D eigenvalue weighted by Gasteiger charge is -2.43. The number of carbonyl (C=O) groups excluding carboxylic acids is 5. The molecule has 2 fully saturated rings. The standard InChI is InChI=1S/C30H30O14/c1-14(31)37-13-23-24(38-15(2)32)25(39-16(3)33)26(40-17(4)34)28(42-23)41-20-10-11-21-22(12-20)43-29-30(44-29,27(21)35)18-6-8-19(36-5)9-7-18/h6-12,23-26,28-29H,13H2,1-5H3/t23-,24-,25+,26-,28-,29?,30?/m1/s1. The van der Waals surface area contributed by atoms with Crippen LogP contribution < -0.4 is 14.2 Å². The van der Waals surface area contributed by atoms with E-state index in [1.807, 2.05) is 0 Å². The van der Waals surface area contributed by atoms with Crippen LogP contribution in [-0.2, 0) is 53.2 Å². The Morgan fingerprint density at radius 1 is 0.795 bits per heavy atom. The molecule has 3 aliphatic heterocycles. The van der Waals surface area contributed by atoms with Crippen LogP contribution in [0.3, 0.4) is 0 Å². The van der Waals surface area contributed by atoms with Gasteiger partial charge in [-0.05, 0) is 29.8 Å². The van der Waals surface area contributed by atoms with Gasteiger partial charge in [-0.15, -0.1) is 0 Å². The van der Waals surface area contributed by atoms with Crippen LogP contribution in [0.4, 0.5) is 0 Å². The molecule has 0 aliphatic carbocycles. The number of esters is 4. The molecule has 0 saturated carbocycles. The van der Waals surface area contributed by atoms with Crippen LogP contribution in [0.5, 0.6) is 17.2 Å². The van der Waals surface area contributed by atoms with Crippen LogP contribution in [0.1, 0.15) is 43.6 Å². The number of epoxide rings is 1. The van der Waals surface area contributed by atoms with Crippen molar-refractivity contribution in [3.63, 3.8) is 0 Å². The van der Waals surface area contributed by atoms with Crippen LogP contribution in [0.15, 0.2) is 42.5 Å². The van der Waals surface area contributed by atoms with Crippen molar-refractivity contribution in [2.75, 3.05) is 13.7 Å². The van der Waals surface area contributed by atoms with Crippen molar-refractivity contribution in [3.8, 4) is 17.2 Å². The third-order valence-electron chi connectivity index (χ3n) is 7.06. The molecule has 2 aromatic rings. The molecule has 3 heterocycles. The Hall–Kier alpha value is -4.69. The van der Waals surface area contributed by atoms with Gasteiger partial charge in [0.15, 0.2) is 12.2 Å². The van der Waals surface area contributed by atoms with Crippen LogP contribution in [-0.4, -0.2) is 80.4 Å². The molecular weight excluding hydrogens is 584 g/mol. The Bertz CT molecular complexity index is 1470. The Labute approximate surface area is 251 Å². The van der Waals surface area contributed by atoms with Crippen molar-refractivity contribution in [1.82, 2.24) is 0 Å². The van der Waals surface area contributed by atoms with Gasteiger partial charge in [0, 0.05) is 33.8 Å². The monoisotopic (exact) mass is 614 g/mol. The molecule has 5 rings (SSSR count). The Balaban J connectivity index is 1.43. The summed E-state index contributed by atoms with van der Waals surface area (Å²) in [5, 5.41) is 0. The molecule has 7 atom stereocenters. The highest BCUT2D eigenvalue weighted by molar-refractivity contribution is 6.08. The summed E-state index contributed by atoms with van der Waals surface area (Å²) >= 11 is 0. The molecule has 44 heavy (non-hydrogen) atoms. The second-order valence-corrected chi connectivity index (χ2v) is 10.2. The minimum absolute atomic E-state index is 0.120. The molecule has 14 heteroatoms. The maximum absolute atomic E-state index is 13.6. The molecule has 0 bridgehead atoms. The molecule has 3 aliphatic rings. The molecule has 0 aromatic heterocycles. The van der Waals surface area contributed by atoms with Gasteiger partial charge in [-0.2, -0.15) is 0 Å². The second-order valence-electron chi connectivity index (χ2n) is 10.2. The van der Waals surface area contributed by atoms with E-state index in [0.29, 0.717) is 11.3 Å². The Morgan fingerprint density at radius 2 is 1.41 bits per heavy atom. The number of ether oxygens (including phenoxy) is 9. The Kier molecular flexibility index (Phi) is 8.48.